The van der Waals surface area contributed by atoms with E-state index in [1.165, 1.54) is 42.4 Å². The van der Waals surface area contributed by atoms with Crippen LogP contribution in [0, 0.1) is 3.95 Å². The highest BCUT2D eigenvalue weighted by Gasteiger charge is 2.21. The third-order valence-electron chi connectivity index (χ3n) is 6.88. The topological polar surface area (TPSA) is 90.5 Å². The van der Waals surface area contributed by atoms with Crippen LogP contribution in [0.1, 0.15) is 49.4 Å². The highest BCUT2D eigenvalue weighted by molar-refractivity contribution is 7.99. The van der Waals surface area contributed by atoms with Crippen molar-refractivity contribution in [3.05, 3.63) is 58.0 Å². The number of ether oxygens (including phenoxy) is 1. The molecule has 0 spiro atoms. The molecule has 3 heterocycles. The Hall–Kier alpha value is -3.28. The first-order chi connectivity index (χ1) is 19.0. The zero-order chi connectivity index (χ0) is 26.9. The maximum atomic E-state index is 12.9. The summed E-state index contributed by atoms with van der Waals surface area (Å²) in [7, 11) is 0. The molecule has 1 N–H and O–H groups in total. The van der Waals surface area contributed by atoms with Crippen molar-refractivity contribution in [3.63, 3.8) is 0 Å². The van der Waals surface area contributed by atoms with E-state index in [1.807, 2.05) is 45.4 Å². The minimum absolute atomic E-state index is 0.0167. The van der Waals surface area contributed by atoms with Crippen LogP contribution in [0.15, 0.2) is 53.7 Å². The van der Waals surface area contributed by atoms with Gasteiger partial charge in [-0.25, -0.2) is 14.8 Å². The lowest BCUT2D eigenvalue weighted by Crippen LogP contribution is -2.37. The van der Waals surface area contributed by atoms with Gasteiger partial charge in [0.1, 0.15) is 4.70 Å². The average molecular weight is 578 g/mol. The monoisotopic (exact) mass is 577 g/mol. The Morgan fingerprint density at radius 3 is 2.62 bits per heavy atom. The molecule has 6 rings (SSSR count). The molecule has 1 aliphatic carbocycles. The van der Waals surface area contributed by atoms with E-state index >= 15 is 0 Å². The summed E-state index contributed by atoms with van der Waals surface area (Å²) in [5, 5.41) is 3.88. The number of nitrogens with one attached hydrogen (secondary N) is 1. The molecule has 5 aromatic rings. The van der Waals surface area contributed by atoms with Crippen LogP contribution in [0.3, 0.4) is 0 Å². The van der Waals surface area contributed by atoms with Crippen LogP contribution in [-0.2, 0) is 9.53 Å². The molecule has 1 amide bonds. The number of amides is 1. The van der Waals surface area contributed by atoms with Gasteiger partial charge in [-0.3, -0.25) is 13.8 Å². The molecule has 1 aliphatic rings. The number of hydrogen-bond donors (Lipinski definition) is 1. The number of carbonyl (C=O) groups excluding carboxylic acids is 2. The van der Waals surface area contributed by atoms with E-state index in [0.717, 1.165) is 39.9 Å². The van der Waals surface area contributed by atoms with Gasteiger partial charge in [-0.05, 0) is 68.4 Å². The molecule has 1 fully saturated rings. The number of thioether (sulfide) groups is 1. The normalized spacial score (nSPS) is 14.3. The van der Waals surface area contributed by atoms with Crippen LogP contribution in [-0.4, -0.2) is 49.2 Å². The molecule has 11 heteroatoms. The lowest BCUT2D eigenvalue weighted by Gasteiger charge is -2.22. The number of thiazole rings is 1. The summed E-state index contributed by atoms with van der Waals surface area (Å²) in [6, 6.07) is 15.3. The Labute approximate surface area is 238 Å². The second kappa shape index (κ2) is 11.1. The largest absolute Gasteiger partial charge is 0.462 e. The molecule has 0 radical (unpaired) electrons. The van der Waals surface area contributed by atoms with Crippen molar-refractivity contribution < 1.29 is 14.3 Å². The van der Waals surface area contributed by atoms with E-state index in [4.69, 9.17) is 26.9 Å². The fourth-order valence-electron chi connectivity index (χ4n) is 5.06. The van der Waals surface area contributed by atoms with Crippen molar-refractivity contribution in [2.75, 3.05) is 12.4 Å². The minimum Gasteiger partial charge on any atom is -0.462 e. The van der Waals surface area contributed by atoms with E-state index in [1.54, 1.807) is 19.1 Å². The number of rotatable bonds is 7. The third kappa shape index (κ3) is 5.06. The zero-order valence-electron chi connectivity index (χ0n) is 21.4. The molecule has 8 nitrogen and oxygen atoms in total. The van der Waals surface area contributed by atoms with Crippen LogP contribution in [0.4, 0.5) is 0 Å². The molecular formula is C28H27N5O3S3. The van der Waals surface area contributed by atoms with E-state index in [0.29, 0.717) is 26.9 Å². The van der Waals surface area contributed by atoms with Crippen LogP contribution in [0.25, 0.3) is 32.7 Å². The van der Waals surface area contributed by atoms with Crippen molar-refractivity contribution in [3.8, 4) is 5.69 Å². The molecular weight excluding hydrogens is 551 g/mol. The van der Waals surface area contributed by atoms with Crippen molar-refractivity contribution >= 4 is 74.2 Å². The SMILES string of the molecule is CCOC(=O)c1ccc(-n2c(=S)sc3c2nc(SCC(=O)NC2CCCCC2)n2c4ccccc4nc32)cc1. The lowest BCUT2D eigenvalue weighted by molar-refractivity contribution is -0.119. The van der Waals surface area contributed by atoms with Crippen molar-refractivity contribution in [2.24, 2.45) is 0 Å². The number of esters is 1. The van der Waals surface area contributed by atoms with Gasteiger partial charge in [0.15, 0.2) is 20.4 Å². The summed E-state index contributed by atoms with van der Waals surface area (Å²) in [5.41, 5.74) is 4.48. The summed E-state index contributed by atoms with van der Waals surface area (Å²) in [4.78, 5) is 35.0. The molecule has 0 unspecified atom stereocenters. The van der Waals surface area contributed by atoms with Crippen LogP contribution >= 0.6 is 35.3 Å². The molecule has 1 saturated carbocycles. The number of aromatic nitrogens is 4. The fraction of sp³-hybridized carbons (Fsp3) is 0.321. The standard InChI is InChI=1S/C28H27N5O3S3/c1-2-36-26(35)17-12-14-19(15-13-17)32-25-23(39-28(32)37)24-30-20-10-6-7-11-21(20)33(24)27(31-25)38-16-22(34)29-18-8-4-3-5-9-18/h6-7,10-15,18H,2-5,8-9,16H2,1H3,(H,29,34). The Bertz CT molecular complexity index is 1750. The maximum absolute atomic E-state index is 12.9. The average Bonchev–Trinajstić information content (AvgIpc) is 3.50. The predicted molar refractivity (Wildman–Crippen MR) is 158 cm³/mol. The van der Waals surface area contributed by atoms with E-state index in [-0.39, 0.29) is 23.7 Å². The van der Waals surface area contributed by atoms with Crippen LogP contribution in [0.5, 0.6) is 0 Å². The van der Waals surface area contributed by atoms with E-state index < -0.39 is 0 Å². The summed E-state index contributed by atoms with van der Waals surface area (Å²) >= 11 is 8.63. The van der Waals surface area contributed by atoms with Gasteiger partial charge in [0.2, 0.25) is 5.91 Å². The first kappa shape index (κ1) is 26.0. The van der Waals surface area contributed by atoms with Crippen molar-refractivity contribution in [2.45, 2.75) is 50.2 Å². The van der Waals surface area contributed by atoms with E-state index in [2.05, 4.69) is 5.32 Å². The van der Waals surface area contributed by atoms with Crippen LogP contribution in [0.2, 0.25) is 0 Å². The molecule has 0 saturated heterocycles. The summed E-state index contributed by atoms with van der Waals surface area (Å²) in [6.45, 7) is 2.10. The molecule has 0 aliphatic heterocycles. The third-order valence-corrected chi connectivity index (χ3v) is 9.18. The highest BCUT2D eigenvalue weighted by atomic mass is 32.2. The zero-order valence-corrected chi connectivity index (χ0v) is 23.8. The highest BCUT2D eigenvalue weighted by Crippen LogP contribution is 2.34. The summed E-state index contributed by atoms with van der Waals surface area (Å²) in [6.07, 6.45) is 5.67. The first-order valence-corrected chi connectivity index (χ1v) is 15.3. The first-order valence-electron chi connectivity index (χ1n) is 13.1. The second-order valence-electron chi connectivity index (χ2n) is 9.47. The second-order valence-corrected chi connectivity index (χ2v) is 12.1. The van der Waals surface area contributed by atoms with Gasteiger partial charge in [0.25, 0.3) is 0 Å². The van der Waals surface area contributed by atoms with Crippen LogP contribution < -0.4 is 5.32 Å². The Kier molecular flexibility index (Phi) is 7.37. The number of fused-ring (bicyclic) bond motifs is 5. The molecule has 39 heavy (non-hydrogen) atoms. The molecule has 2 aromatic carbocycles. The molecule has 0 atom stereocenters. The van der Waals surface area contributed by atoms with Gasteiger partial charge in [0.05, 0.1) is 29.0 Å². The Balaban J connectivity index is 1.42. The predicted octanol–water partition coefficient (Wildman–Crippen LogP) is 6.34. The van der Waals surface area contributed by atoms with Gasteiger partial charge in [0, 0.05) is 11.7 Å². The smallest absolute Gasteiger partial charge is 0.338 e. The summed E-state index contributed by atoms with van der Waals surface area (Å²) < 4.78 is 10.5. The number of carbonyl (C=O) groups is 2. The minimum atomic E-state index is -0.364. The quantitative estimate of drug-likeness (QED) is 0.105. The van der Waals surface area contributed by atoms with Crippen molar-refractivity contribution in [1.29, 1.82) is 0 Å². The Morgan fingerprint density at radius 1 is 1.08 bits per heavy atom. The Morgan fingerprint density at radius 2 is 1.85 bits per heavy atom. The van der Waals surface area contributed by atoms with Gasteiger partial charge >= 0.3 is 5.97 Å². The lowest BCUT2D eigenvalue weighted by atomic mass is 9.95. The van der Waals surface area contributed by atoms with Crippen molar-refractivity contribution in [1.82, 2.24) is 24.3 Å². The van der Waals surface area contributed by atoms with Gasteiger partial charge < -0.3 is 10.1 Å². The number of benzene rings is 2. The van der Waals surface area contributed by atoms with E-state index in [9.17, 15) is 9.59 Å². The van der Waals surface area contributed by atoms with Gasteiger partial charge in [-0.15, -0.1) is 0 Å². The maximum Gasteiger partial charge on any atom is 0.338 e. The number of para-hydroxylation sites is 2. The number of hydrogen-bond acceptors (Lipinski definition) is 8. The number of nitrogens with zero attached hydrogens (tertiary/aromatic N) is 4. The molecule has 0 bridgehead atoms. The molecule has 200 valence electrons. The molecule has 3 aromatic heterocycles. The van der Waals surface area contributed by atoms with Gasteiger partial charge in [-0.1, -0.05) is 54.5 Å². The summed E-state index contributed by atoms with van der Waals surface area (Å²) in [5.74, 6) is -0.0876. The van der Waals surface area contributed by atoms with Gasteiger partial charge in [-0.2, -0.15) is 0 Å². The fourth-order valence-corrected chi connectivity index (χ4v) is 7.22. The number of imidazole rings is 1.